The van der Waals surface area contributed by atoms with Crippen molar-refractivity contribution in [3.05, 3.63) is 52.8 Å². The number of carbonyl (C=O) groups is 1. The van der Waals surface area contributed by atoms with Crippen LogP contribution in [0.15, 0.2) is 30.5 Å². The Bertz CT molecular complexity index is 894. The van der Waals surface area contributed by atoms with Crippen LogP contribution in [0.5, 0.6) is 0 Å². The number of nitrogens with two attached hydrogens (primary N) is 1. The Balaban J connectivity index is 1.97. The number of aromatic nitrogens is 1. The molecule has 0 unspecified atom stereocenters. The smallest absolute Gasteiger partial charge is 0.268 e. The number of hydrogen-bond donors (Lipinski definition) is 2. The fourth-order valence-corrected chi connectivity index (χ4v) is 2.88. The zero-order chi connectivity index (χ0) is 15.9. The van der Waals surface area contributed by atoms with E-state index in [1.54, 1.807) is 18.3 Å². The van der Waals surface area contributed by atoms with E-state index in [1.165, 1.54) is 0 Å². The van der Waals surface area contributed by atoms with E-state index in [0.717, 1.165) is 23.5 Å². The molecular weight excluding hydrogens is 315 g/mol. The normalized spacial score (nSPS) is 10.9. The van der Waals surface area contributed by atoms with Crippen molar-refractivity contribution < 1.29 is 18.0 Å². The topological polar surface area (TPSA) is 68.0 Å². The highest BCUT2D eigenvalue weighted by molar-refractivity contribution is 7.21. The average Bonchev–Trinajstić information content (AvgIpc) is 2.85. The molecule has 112 valence electrons. The molecule has 1 amide bonds. The van der Waals surface area contributed by atoms with E-state index in [-0.39, 0.29) is 10.6 Å². The first-order chi connectivity index (χ1) is 10.5. The number of hydrogen-bond acceptors (Lipinski definition) is 4. The van der Waals surface area contributed by atoms with Gasteiger partial charge in [-0.15, -0.1) is 11.3 Å². The number of benzene rings is 1. The van der Waals surface area contributed by atoms with E-state index in [1.807, 2.05) is 0 Å². The molecule has 0 bridgehead atoms. The lowest BCUT2D eigenvalue weighted by Gasteiger charge is -2.06. The molecule has 2 heterocycles. The second-order valence-electron chi connectivity index (χ2n) is 4.38. The Hall–Kier alpha value is -2.61. The Morgan fingerprint density at radius 2 is 1.95 bits per heavy atom. The molecule has 0 aliphatic heterocycles. The van der Waals surface area contributed by atoms with Crippen molar-refractivity contribution >= 4 is 38.8 Å². The molecule has 3 N–H and O–H groups in total. The summed E-state index contributed by atoms with van der Waals surface area (Å²) in [4.78, 5) is 16.9. The minimum absolute atomic E-state index is 0.123. The molecule has 1 aromatic carbocycles. The monoisotopic (exact) mass is 323 g/mol. The molecule has 0 radical (unpaired) electrons. The molecule has 3 aromatic rings. The number of amides is 1. The van der Waals surface area contributed by atoms with Gasteiger partial charge < -0.3 is 11.1 Å². The lowest BCUT2D eigenvalue weighted by atomic mass is 10.2. The van der Waals surface area contributed by atoms with Crippen LogP contribution in [0, 0.1) is 17.5 Å². The van der Waals surface area contributed by atoms with E-state index in [0.29, 0.717) is 10.2 Å². The number of nitrogens with one attached hydrogen (secondary N) is 1. The molecule has 0 fully saturated rings. The number of carbonyl (C=O) groups excluding carboxylic acids is 1. The summed E-state index contributed by atoms with van der Waals surface area (Å²) in [5.41, 5.74) is 5.61. The molecule has 8 heteroatoms. The van der Waals surface area contributed by atoms with Gasteiger partial charge in [0.05, 0.1) is 11.4 Å². The van der Waals surface area contributed by atoms with Crippen LogP contribution in [-0.4, -0.2) is 10.9 Å². The fourth-order valence-electron chi connectivity index (χ4n) is 1.92. The second-order valence-corrected chi connectivity index (χ2v) is 5.38. The van der Waals surface area contributed by atoms with E-state index >= 15 is 0 Å². The molecule has 0 atom stereocenters. The maximum Gasteiger partial charge on any atom is 0.268 e. The van der Waals surface area contributed by atoms with E-state index in [2.05, 4.69) is 10.3 Å². The molecule has 3 rings (SSSR count). The molecule has 0 saturated carbocycles. The summed E-state index contributed by atoms with van der Waals surface area (Å²) in [6.07, 6.45) is 1.55. The number of pyridine rings is 1. The second kappa shape index (κ2) is 5.30. The van der Waals surface area contributed by atoms with Gasteiger partial charge in [0.25, 0.3) is 5.91 Å². The Kier molecular flexibility index (Phi) is 3.45. The van der Waals surface area contributed by atoms with Crippen molar-refractivity contribution in [1.82, 2.24) is 4.98 Å². The summed E-state index contributed by atoms with van der Waals surface area (Å²) in [5, 5.41) is 2.78. The van der Waals surface area contributed by atoms with E-state index < -0.39 is 29.0 Å². The summed E-state index contributed by atoms with van der Waals surface area (Å²) in [6.45, 7) is 0. The van der Waals surface area contributed by atoms with Crippen LogP contribution < -0.4 is 11.1 Å². The first-order valence-electron chi connectivity index (χ1n) is 6.07. The van der Waals surface area contributed by atoms with Gasteiger partial charge in [0.2, 0.25) is 0 Å². The van der Waals surface area contributed by atoms with Gasteiger partial charge in [-0.05, 0) is 24.3 Å². The van der Waals surface area contributed by atoms with Crippen molar-refractivity contribution in [1.29, 1.82) is 0 Å². The molecular formula is C14H8F3N3OS. The number of fused-ring (bicyclic) bond motifs is 1. The fraction of sp³-hybridized carbons (Fsp3) is 0. The number of nitrogens with zero attached hydrogens (tertiary/aromatic N) is 1. The van der Waals surface area contributed by atoms with Crippen molar-refractivity contribution in [2.45, 2.75) is 0 Å². The molecule has 0 saturated heterocycles. The zero-order valence-corrected chi connectivity index (χ0v) is 11.7. The number of halogens is 3. The van der Waals surface area contributed by atoms with E-state index in [4.69, 9.17) is 5.73 Å². The van der Waals surface area contributed by atoms with E-state index in [9.17, 15) is 18.0 Å². The minimum Gasteiger partial charge on any atom is -0.397 e. The average molecular weight is 323 g/mol. The highest BCUT2D eigenvalue weighted by atomic mass is 32.1. The summed E-state index contributed by atoms with van der Waals surface area (Å²) >= 11 is 1.03. The van der Waals surface area contributed by atoms with Crippen LogP contribution in [-0.2, 0) is 0 Å². The summed E-state index contributed by atoms with van der Waals surface area (Å²) in [6, 6.07) is 5.03. The van der Waals surface area contributed by atoms with Crippen molar-refractivity contribution in [2.24, 2.45) is 0 Å². The lowest BCUT2D eigenvalue weighted by molar-refractivity contribution is 0.103. The lowest BCUT2D eigenvalue weighted by Crippen LogP contribution is -2.14. The van der Waals surface area contributed by atoms with Crippen molar-refractivity contribution in [2.75, 3.05) is 11.1 Å². The van der Waals surface area contributed by atoms with Crippen LogP contribution >= 0.6 is 11.3 Å². The molecule has 2 aromatic heterocycles. The number of nitrogen functional groups attached to an aromatic ring is 1. The highest BCUT2D eigenvalue weighted by Crippen LogP contribution is 2.32. The first-order valence-corrected chi connectivity index (χ1v) is 6.88. The standard InChI is InChI=1S/C14H8F3N3OS/c15-7-3-4-8(10(17)9(7)16)20-13(21)12-11(18)6-2-1-5-19-14(6)22-12/h1-5H,18H2,(H,20,21). The summed E-state index contributed by atoms with van der Waals surface area (Å²) in [7, 11) is 0. The van der Waals surface area contributed by atoms with Gasteiger partial charge >= 0.3 is 0 Å². The Labute approximate surface area is 126 Å². The predicted octanol–water partition coefficient (Wildman–Crippen LogP) is 3.55. The van der Waals surface area contributed by atoms with Gasteiger partial charge in [0.1, 0.15) is 9.71 Å². The number of anilines is 2. The van der Waals surface area contributed by atoms with Gasteiger partial charge in [-0.1, -0.05) is 0 Å². The van der Waals surface area contributed by atoms with Gasteiger partial charge in [0.15, 0.2) is 17.5 Å². The molecule has 4 nitrogen and oxygen atoms in total. The quantitative estimate of drug-likeness (QED) is 0.709. The summed E-state index contributed by atoms with van der Waals surface area (Å²) in [5.74, 6) is -5.17. The van der Waals surface area contributed by atoms with Crippen LogP contribution in [0.3, 0.4) is 0 Å². The third-order valence-corrected chi connectivity index (χ3v) is 4.12. The van der Waals surface area contributed by atoms with Gasteiger partial charge in [-0.2, -0.15) is 0 Å². The van der Waals surface area contributed by atoms with Gasteiger partial charge in [0, 0.05) is 11.6 Å². The minimum atomic E-state index is -1.65. The van der Waals surface area contributed by atoms with Crippen molar-refractivity contribution in [3.63, 3.8) is 0 Å². The van der Waals surface area contributed by atoms with Crippen LogP contribution in [0.25, 0.3) is 10.2 Å². The molecule has 22 heavy (non-hydrogen) atoms. The number of thiophene rings is 1. The predicted molar refractivity (Wildman–Crippen MR) is 78.3 cm³/mol. The Morgan fingerprint density at radius 1 is 1.18 bits per heavy atom. The first kappa shape index (κ1) is 14.3. The third-order valence-electron chi connectivity index (χ3n) is 2.99. The maximum atomic E-state index is 13.6. The molecule has 0 spiro atoms. The van der Waals surface area contributed by atoms with Gasteiger partial charge in [-0.25, -0.2) is 18.2 Å². The maximum absolute atomic E-state index is 13.6. The van der Waals surface area contributed by atoms with Crippen LogP contribution in [0.1, 0.15) is 9.67 Å². The summed E-state index contributed by atoms with van der Waals surface area (Å²) < 4.78 is 39.6. The van der Waals surface area contributed by atoms with Crippen molar-refractivity contribution in [3.8, 4) is 0 Å². The Morgan fingerprint density at radius 3 is 2.68 bits per heavy atom. The van der Waals surface area contributed by atoms with Crippen LogP contribution in [0.4, 0.5) is 24.5 Å². The van der Waals surface area contributed by atoms with Gasteiger partial charge in [-0.3, -0.25) is 4.79 Å². The molecule has 0 aliphatic carbocycles. The SMILES string of the molecule is Nc1c(C(=O)Nc2ccc(F)c(F)c2F)sc2ncccc12. The zero-order valence-electron chi connectivity index (χ0n) is 10.9. The number of rotatable bonds is 2. The molecule has 0 aliphatic rings. The third kappa shape index (κ3) is 2.27. The largest absolute Gasteiger partial charge is 0.397 e. The highest BCUT2D eigenvalue weighted by Gasteiger charge is 2.20. The van der Waals surface area contributed by atoms with Crippen LogP contribution in [0.2, 0.25) is 0 Å².